The monoisotopic (exact) mass is 259 g/mol. The highest BCUT2D eigenvalue weighted by Gasteiger charge is 2.52. The van der Waals surface area contributed by atoms with Crippen LogP contribution < -0.4 is 0 Å². The van der Waals surface area contributed by atoms with Crippen LogP contribution in [-0.2, 0) is 9.59 Å². The van der Waals surface area contributed by atoms with E-state index in [2.05, 4.69) is 0 Å². The average Bonchev–Trinajstić information content (AvgIpc) is 2.43. The van der Waals surface area contributed by atoms with Crippen molar-refractivity contribution >= 4 is 11.7 Å². The van der Waals surface area contributed by atoms with Gasteiger partial charge in [0, 0.05) is 7.05 Å². The third-order valence-corrected chi connectivity index (χ3v) is 4.31. The summed E-state index contributed by atoms with van der Waals surface area (Å²) in [6.45, 7) is 9.60. The van der Waals surface area contributed by atoms with Crippen molar-refractivity contribution in [2.45, 2.75) is 46.1 Å². The fourth-order valence-electron chi connectivity index (χ4n) is 3.00. The van der Waals surface area contributed by atoms with Crippen LogP contribution in [0.5, 0.6) is 0 Å². The van der Waals surface area contributed by atoms with Gasteiger partial charge in [0.05, 0.1) is 5.54 Å². The Labute approximate surface area is 114 Å². The van der Waals surface area contributed by atoms with Crippen molar-refractivity contribution in [1.29, 1.82) is 0 Å². The van der Waals surface area contributed by atoms with E-state index in [0.717, 1.165) is 22.3 Å². The Bertz CT molecular complexity index is 549. The van der Waals surface area contributed by atoms with E-state index >= 15 is 0 Å². The number of carbonyl (C=O) groups excluding carboxylic acids is 2. The molecule has 3 heteroatoms. The maximum absolute atomic E-state index is 12.6. The molecule has 1 unspecified atom stereocenters. The molecule has 0 radical (unpaired) electrons. The summed E-state index contributed by atoms with van der Waals surface area (Å²) in [5.41, 5.74) is 3.37. The van der Waals surface area contributed by atoms with Crippen molar-refractivity contribution in [3.05, 3.63) is 34.4 Å². The lowest BCUT2D eigenvalue weighted by atomic mass is 9.84. The van der Waals surface area contributed by atoms with Gasteiger partial charge in [-0.15, -0.1) is 0 Å². The van der Waals surface area contributed by atoms with E-state index in [1.807, 2.05) is 46.8 Å². The minimum Gasteiger partial charge on any atom is -0.333 e. The number of hydrogen-bond acceptors (Lipinski definition) is 2. The van der Waals surface area contributed by atoms with Gasteiger partial charge >= 0.3 is 0 Å². The molecule has 1 heterocycles. The first-order chi connectivity index (χ1) is 8.67. The number of carbonyl (C=O) groups is 2. The predicted octanol–water partition coefficient (Wildman–Crippen LogP) is 2.52. The van der Waals surface area contributed by atoms with Crippen LogP contribution >= 0.6 is 0 Å². The average molecular weight is 259 g/mol. The first kappa shape index (κ1) is 13.8. The van der Waals surface area contributed by atoms with Gasteiger partial charge in [-0.3, -0.25) is 9.59 Å². The van der Waals surface area contributed by atoms with Gasteiger partial charge in [-0.1, -0.05) is 17.7 Å². The molecular weight excluding hydrogens is 238 g/mol. The second-order valence-electron chi connectivity index (χ2n) is 6.07. The lowest BCUT2D eigenvalue weighted by Crippen LogP contribution is -2.41. The third-order valence-electron chi connectivity index (χ3n) is 4.31. The lowest BCUT2D eigenvalue weighted by Gasteiger charge is -2.25. The molecule has 0 aromatic heterocycles. The number of likely N-dealkylation sites (tertiary alicyclic amines) is 1. The Balaban J connectivity index is 2.61. The van der Waals surface area contributed by atoms with Gasteiger partial charge in [-0.2, -0.15) is 0 Å². The molecule has 0 N–H and O–H groups in total. The largest absolute Gasteiger partial charge is 0.333 e. The van der Waals surface area contributed by atoms with Crippen LogP contribution in [0.1, 0.15) is 42.0 Å². The summed E-state index contributed by atoms with van der Waals surface area (Å²) in [6, 6.07) is 4.07. The number of nitrogens with zero attached hydrogens (tertiary/aromatic N) is 1. The quantitative estimate of drug-likeness (QED) is 0.727. The number of likely N-dealkylation sites (N-methyl/N-ethyl adjacent to an activating group) is 1. The minimum absolute atomic E-state index is 0.00458. The summed E-state index contributed by atoms with van der Waals surface area (Å²) < 4.78 is 0. The molecule has 1 saturated heterocycles. The molecule has 0 aliphatic carbocycles. The van der Waals surface area contributed by atoms with Crippen LogP contribution in [0.25, 0.3) is 0 Å². The van der Waals surface area contributed by atoms with Crippen LogP contribution in [0.3, 0.4) is 0 Å². The van der Waals surface area contributed by atoms with Crippen molar-refractivity contribution in [2.24, 2.45) is 0 Å². The molecule has 1 atom stereocenters. The smallest absolute Gasteiger partial charge is 0.238 e. The zero-order valence-corrected chi connectivity index (χ0v) is 12.5. The molecule has 1 aliphatic rings. The summed E-state index contributed by atoms with van der Waals surface area (Å²) in [5, 5.41) is 0. The van der Waals surface area contributed by atoms with Gasteiger partial charge in [-0.25, -0.2) is 0 Å². The van der Waals surface area contributed by atoms with Crippen molar-refractivity contribution in [1.82, 2.24) is 4.90 Å². The highest BCUT2D eigenvalue weighted by molar-refractivity contribution is 6.17. The second kappa shape index (κ2) is 4.19. The lowest BCUT2D eigenvalue weighted by molar-refractivity contribution is -0.130. The normalized spacial score (nSPS) is 22.2. The van der Waals surface area contributed by atoms with Crippen molar-refractivity contribution in [3.63, 3.8) is 0 Å². The van der Waals surface area contributed by atoms with Gasteiger partial charge in [0.2, 0.25) is 5.91 Å². The van der Waals surface area contributed by atoms with Gasteiger partial charge in [-0.05, 0) is 51.3 Å². The van der Waals surface area contributed by atoms with E-state index in [4.69, 9.17) is 0 Å². The molecule has 0 saturated carbocycles. The molecule has 0 bridgehead atoms. The van der Waals surface area contributed by atoms with E-state index in [1.165, 1.54) is 0 Å². The number of rotatable bonds is 1. The number of hydrogen-bond donors (Lipinski definition) is 0. The van der Waals surface area contributed by atoms with E-state index in [1.54, 1.807) is 11.9 Å². The van der Waals surface area contributed by atoms with Crippen LogP contribution in [-0.4, -0.2) is 29.2 Å². The van der Waals surface area contributed by atoms with Crippen LogP contribution in [0, 0.1) is 20.8 Å². The van der Waals surface area contributed by atoms with E-state index < -0.39 is 11.5 Å². The number of amides is 1. The summed E-state index contributed by atoms with van der Waals surface area (Å²) in [4.78, 5) is 26.6. The Morgan fingerprint density at radius 3 is 1.89 bits per heavy atom. The van der Waals surface area contributed by atoms with Crippen molar-refractivity contribution in [2.75, 3.05) is 7.05 Å². The third kappa shape index (κ3) is 1.88. The number of aryl methyl sites for hydroxylation is 3. The summed E-state index contributed by atoms with van der Waals surface area (Å²) in [7, 11) is 1.71. The summed E-state index contributed by atoms with van der Waals surface area (Å²) in [5.74, 6) is -0.735. The van der Waals surface area contributed by atoms with E-state index in [0.29, 0.717) is 0 Å². The van der Waals surface area contributed by atoms with Crippen LogP contribution in [0.2, 0.25) is 0 Å². The molecular formula is C16H21NO2. The highest BCUT2D eigenvalue weighted by atomic mass is 16.2. The maximum atomic E-state index is 12.6. The molecule has 1 aliphatic heterocycles. The Kier molecular flexibility index (Phi) is 3.04. The SMILES string of the molecule is Cc1cc(C)c(C2C(=O)N(C)C(C)(C)C2=O)c(C)c1. The first-order valence-corrected chi connectivity index (χ1v) is 6.57. The molecule has 1 aromatic rings. The standard InChI is InChI=1S/C16H21NO2/c1-9-7-10(2)12(11(3)8-9)13-14(18)16(4,5)17(6)15(13)19/h7-8,13H,1-6H3. The highest BCUT2D eigenvalue weighted by Crippen LogP contribution is 2.38. The van der Waals surface area contributed by atoms with Gasteiger partial charge in [0.15, 0.2) is 5.78 Å². The molecule has 2 rings (SSSR count). The van der Waals surface area contributed by atoms with Gasteiger partial charge < -0.3 is 4.90 Å². The summed E-state index contributed by atoms with van der Waals surface area (Å²) in [6.07, 6.45) is 0. The Hall–Kier alpha value is -1.64. The summed E-state index contributed by atoms with van der Waals surface area (Å²) >= 11 is 0. The zero-order valence-electron chi connectivity index (χ0n) is 12.5. The van der Waals surface area contributed by atoms with E-state index in [-0.39, 0.29) is 11.7 Å². The maximum Gasteiger partial charge on any atom is 0.238 e. The first-order valence-electron chi connectivity index (χ1n) is 6.57. The van der Waals surface area contributed by atoms with Gasteiger partial charge in [0.1, 0.15) is 5.92 Å². The fraction of sp³-hybridized carbons (Fsp3) is 0.500. The minimum atomic E-state index is -0.717. The molecule has 102 valence electrons. The number of Topliss-reactive ketones (excluding diaryl/α,β-unsaturated/α-hetero) is 1. The number of benzene rings is 1. The van der Waals surface area contributed by atoms with Crippen molar-refractivity contribution in [3.8, 4) is 0 Å². The number of ketones is 1. The molecule has 1 fully saturated rings. The molecule has 0 spiro atoms. The second-order valence-corrected chi connectivity index (χ2v) is 6.07. The molecule has 1 aromatic carbocycles. The van der Waals surface area contributed by atoms with Crippen LogP contribution in [0.4, 0.5) is 0 Å². The Morgan fingerprint density at radius 2 is 1.53 bits per heavy atom. The van der Waals surface area contributed by atoms with Crippen molar-refractivity contribution < 1.29 is 9.59 Å². The molecule has 1 amide bonds. The van der Waals surface area contributed by atoms with Gasteiger partial charge in [0.25, 0.3) is 0 Å². The molecule has 19 heavy (non-hydrogen) atoms. The van der Waals surface area contributed by atoms with Crippen LogP contribution in [0.15, 0.2) is 12.1 Å². The van der Waals surface area contributed by atoms with E-state index in [9.17, 15) is 9.59 Å². The fourth-order valence-corrected chi connectivity index (χ4v) is 3.00. The molecule has 3 nitrogen and oxygen atoms in total. The zero-order chi connectivity index (χ0) is 14.5. The predicted molar refractivity (Wildman–Crippen MR) is 75.3 cm³/mol. The topological polar surface area (TPSA) is 37.4 Å². The Morgan fingerprint density at radius 1 is 1.05 bits per heavy atom.